The van der Waals surface area contributed by atoms with Gasteiger partial charge in [0.05, 0.1) is 6.04 Å². The van der Waals surface area contributed by atoms with Crippen LogP contribution in [0.4, 0.5) is 4.39 Å². The summed E-state index contributed by atoms with van der Waals surface area (Å²) in [5.41, 5.74) is 0.845. The van der Waals surface area contributed by atoms with E-state index in [2.05, 4.69) is 5.32 Å². The summed E-state index contributed by atoms with van der Waals surface area (Å²) < 4.78 is 19.6. The highest BCUT2D eigenvalue weighted by Crippen LogP contribution is 2.44. The second-order valence-electron chi connectivity index (χ2n) is 7.63. The van der Waals surface area contributed by atoms with Crippen LogP contribution in [0, 0.1) is 5.82 Å². The van der Waals surface area contributed by atoms with Crippen LogP contribution < -0.4 is 10.1 Å². The molecule has 0 unspecified atom stereocenters. The average Bonchev–Trinajstić information content (AvgIpc) is 2.83. The van der Waals surface area contributed by atoms with Gasteiger partial charge in [-0.3, -0.25) is 9.59 Å². The van der Waals surface area contributed by atoms with Gasteiger partial charge < -0.3 is 15.0 Å². The first-order valence-corrected chi connectivity index (χ1v) is 9.54. The Morgan fingerprint density at radius 1 is 1.18 bits per heavy atom. The van der Waals surface area contributed by atoms with Gasteiger partial charge in [0.2, 0.25) is 5.91 Å². The van der Waals surface area contributed by atoms with Crippen molar-refractivity contribution >= 4 is 11.8 Å². The molecular weight excluding hydrogens is 359 g/mol. The number of hydrogen-bond donors (Lipinski definition) is 1. The molecular formula is C22H23FN2O3. The lowest BCUT2D eigenvalue weighted by molar-refractivity contribution is -0.129. The molecule has 4 rings (SSSR count). The van der Waals surface area contributed by atoms with E-state index in [4.69, 9.17) is 4.74 Å². The Morgan fingerprint density at radius 3 is 2.71 bits per heavy atom. The highest BCUT2D eigenvalue weighted by molar-refractivity contribution is 5.94. The van der Waals surface area contributed by atoms with E-state index in [0.29, 0.717) is 37.8 Å². The molecule has 2 aromatic rings. The van der Waals surface area contributed by atoms with Crippen LogP contribution in [0.5, 0.6) is 5.75 Å². The Morgan fingerprint density at radius 2 is 1.93 bits per heavy atom. The first-order valence-electron chi connectivity index (χ1n) is 9.54. The fourth-order valence-corrected chi connectivity index (χ4v) is 4.04. The molecule has 1 fully saturated rings. The summed E-state index contributed by atoms with van der Waals surface area (Å²) in [6.07, 6.45) is 2.36. The number of nitrogens with zero attached hydrogens (tertiary/aromatic N) is 1. The second kappa shape index (κ2) is 7.26. The quantitative estimate of drug-likeness (QED) is 0.865. The van der Waals surface area contributed by atoms with Crippen molar-refractivity contribution < 1.29 is 18.7 Å². The van der Waals surface area contributed by atoms with Gasteiger partial charge in [-0.1, -0.05) is 18.2 Å². The van der Waals surface area contributed by atoms with Crippen LogP contribution in [0.1, 0.15) is 47.6 Å². The van der Waals surface area contributed by atoms with Crippen molar-refractivity contribution in [3.05, 3.63) is 65.5 Å². The van der Waals surface area contributed by atoms with Crippen LogP contribution >= 0.6 is 0 Å². The van der Waals surface area contributed by atoms with Gasteiger partial charge in [-0.2, -0.15) is 0 Å². The van der Waals surface area contributed by atoms with Crippen molar-refractivity contribution in [2.24, 2.45) is 0 Å². The van der Waals surface area contributed by atoms with E-state index in [1.165, 1.54) is 24.3 Å². The van der Waals surface area contributed by atoms with Crippen molar-refractivity contribution in [3.63, 3.8) is 0 Å². The average molecular weight is 382 g/mol. The standard InChI is InChI=1S/C22H23FN2O3/c1-25-13-12-22(11-10-20(25)26)14-18(17-4-2-3-5-19(17)28-22)24-21(27)15-6-8-16(23)9-7-15/h2-9,18H,10-14H2,1H3,(H,24,27)/t18-,22-/m1/s1. The summed E-state index contributed by atoms with van der Waals surface area (Å²) in [6.45, 7) is 0.625. The maximum absolute atomic E-state index is 13.2. The molecule has 146 valence electrons. The minimum atomic E-state index is -0.491. The summed E-state index contributed by atoms with van der Waals surface area (Å²) in [4.78, 5) is 26.6. The third-order valence-corrected chi connectivity index (χ3v) is 5.73. The van der Waals surface area contributed by atoms with Crippen molar-refractivity contribution in [2.75, 3.05) is 13.6 Å². The lowest BCUT2D eigenvalue weighted by Crippen LogP contribution is -2.45. The molecule has 0 radical (unpaired) electrons. The summed E-state index contributed by atoms with van der Waals surface area (Å²) in [6, 6.07) is 13.0. The molecule has 1 saturated heterocycles. The monoisotopic (exact) mass is 382 g/mol. The van der Waals surface area contributed by atoms with Crippen LogP contribution in [0.25, 0.3) is 0 Å². The largest absolute Gasteiger partial charge is 0.487 e. The zero-order valence-electron chi connectivity index (χ0n) is 15.8. The number of fused-ring (bicyclic) bond motifs is 1. The number of carbonyl (C=O) groups excluding carboxylic acids is 2. The SMILES string of the molecule is CN1CC[C@]2(CCC1=O)C[C@@H](NC(=O)c1ccc(F)cc1)c1ccccc1O2. The van der Waals surface area contributed by atoms with Crippen LogP contribution in [0.3, 0.4) is 0 Å². The molecule has 2 aliphatic heterocycles. The van der Waals surface area contributed by atoms with E-state index < -0.39 is 5.60 Å². The Kier molecular flexibility index (Phi) is 4.79. The molecule has 0 saturated carbocycles. The molecule has 2 aliphatic rings. The molecule has 0 aliphatic carbocycles. The lowest BCUT2D eigenvalue weighted by atomic mass is 9.82. The summed E-state index contributed by atoms with van der Waals surface area (Å²) >= 11 is 0. The van der Waals surface area contributed by atoms with Crippen molar-refractivity contribution in [2.45, 2.75) is 37.3 Å². The highest BCUT2D eigenvalue weighted by atomic mass is 19.1. The molecule has 5 nitrogen and oxygen atoms in total. The maximum atomic E-state index is 13.2. The fourth-order valence-electron chi connectivity index (χ4n) is 4.04. The summed E-state index contributed by atoms with van der Waals surface area (Å²) in [7, 11) is 1.81. The fraction of sp³-hybridized carbons (Fsp3) is 0.364. The Bertz CT molecular complexity index is 899. The van der Waals surface area contributed by atoms with E-state index in [1.54, 1.807) is 4.90 Å². The normalized spacial score (nSPS) is 24.3. The first kappa shape index (κ1) is 18.5. The number of hydrogen-bond acceptors (Lipinski definition) is 3. The number of nitrogens with one attached hydrogen (secondary N) is 1. The number of carbonyl (C=O) groups is 2. The van der Waals surface area contributed by atoms with E-state index >= 15 is 0 Å². The highest BCUT2D eigenvalue weighted by Gasteiger charge is 2.43. The smallest absolute Gasteiger partial charge is 0.251 e. The molecule has 2 atom stereocenters. The van der Waals surface area contributed by atoms with E-state index in [-0.39, 0.29) is 23.7 Å². The van der Waals surface area contributed by atoms with Gasteiger partial charge in [0, 0.05) is 44.0 Å². The second-order valence-corrected chi connectivity index (χ2v) is 7.63. The predicted molar refractivity (Wildman–Crippen MR) is 103 cm³/mol. The Balaban J connectivity index is 1.61. The van der Waals surface area contributed by atoms with Crippen LogP contribution in [0.15, 0.2) is 48.5 Å². The van der Waals surface area contributed by atoms with Crippen LogP contribution in [-0.4, -0.2) is 35.9 Å². The molecule has 1 spiro atoms. The van der Waals surface area contributed by atoms with E-state index in [1.807, 2.05) is 31.3 Å². The van der Waals surface area contributed by atoms with Gasteiger partial charge in [-0.15, -0.1) is 0 Å². The van der Waals surface area contributed by atoms with Gasteiger partial charge in [0.15, 0.2) is 0 Å². The molecule has 0 aromatic heterocycles. The maximum Gasteiger partial charge on any atom is 0.251 e. The number of rotatable bonds is 2. The molecule has 28 heavy (non-hydrogen) atoms. The lowest BCUT2D eigenvalue weighted by Gasteiger charge is -2.42. The van der Waals surface area contributed by atoms with Gasteiger partial charge in [-0.05, 0) is 36.8 Å². The number of benzene rings is 2. The predicted octanol–water partition coefficient (Wildman–Crippen LogP) is 3.46. The van der Waals surface area contributed by atoms with Gasteiger partial charge >= 0.3 is 0 Å². The zero-order chi connectivity index (χ0) is 19.7. The molecule has 6 heteroatoms. The molecule has 2 aromatic carbocycles. The molecule has 2 heterocycles. The van der Waals surface area contributed by atoms with Crippen LogP contribution in [-0.2, 0) is 4.79 Å². The first-order chi connectivity index (χ1) is 13.5. The molecule has 2 amide bonds. The zero-order valence-corrected chi connectivity index (χ0v) is 15.8. The minimum Gasteiger partial charge on any atom is -0.487 e. The Labute approximate surface area is 163 Å². The Hall–Kier alpha value is -2.89. The third kappa shape index (κ3) is 3.59. The van der Waals surface area contributed by atoms with Crippen molar-refractivity contribution in [1.29, 1.82) is 0 Å². The number of amides is 2. The van der Waals surface area contributed by atoms with Crippen molar-refractivity contribution in [3.8, 4) is 5.75 Å². The number of halogens is 1. The number of likely N-dealkylation sites (tertiary alicyclic amines) is 1. The molecule has 0 bridgehead atoms. The topological polar surface area (TPSA) is 58.6 Å². The van der Waals surface area contributed by atoms with Crippen LogP contribution in [0.2, 0.25) is 0 Å². The minimum absolute atomic E-state index is 0.117. The van der Waals surface area contributed by atoms with Crippen molar-refractivity contribution in [1.82, 2.24) is 10.2 Å². The van der Waals surface area contributed by atoms with Gasteiger partial charge in [-0.25, -0.2) is 4.39 Å². The number of ether oxygens (including phenoxy) is 1. The summed E-state index contributed by atoms with van der Waals surface area (Å²) in [5, 5.41) is 3.09. The van der Waals surface area contributed by atoms with Gasteiger partial charge in [0.25, 0.3) is 5.91 Å². The van der Waals surface area contributed by atoms with Gasteiger partial charge in [0.1, 0.15) is 17.2 Å². The molecule has 1 N–H and O–H groups in total. The van der Waals surface area contributed by atoms with E-state index in [0.717, 1.165) is 11.3 Å². The number of para-hydroxylation sites is 1. The third-order valence-electron chi connectivity index (χ3n) is 5.73. The summed E-state index contributed by atoms with van der Waals surface area (Å²) in [5.74, 6) is 0.235. The van der Waals surface area contributed by atoms with E-state index in [9.17, 15) is 14.0 Å².